The molecule has 0 aliphatic carbocycles. The van der Waals surface area contributed by atoms with Gasteiger partial charge in [-0.25, -0.2) is 4.20 Å². The van der Waals surface area contributed by atoms with E-state index in [0.29, 0.717) is 0 Å². The first kappa shape index (κ1) is 35.6. The van der Waals surface area contributed by atoms with Crippen LogP contribution in [0.5, 0.6) is 0 Å². The third-order valence-electron chi connectivity index (χ3n) is 5.30. The van der Waals surface area contributed by atoms with Crippen molar-refractivity contribution in [3.05, 3.63) is 0 Å². The monoisotopic (exact) mass is 470 g/mol. The molecule has 0 unspecified atom stereocenters. The molecule has 192 valence electrons. The maximum atomic E-state index is 10.1. The average Bonchev–Trinajstić information content (AvgIpc) is 2.72. The van der Waals surface area contributed by atoms with Gasteiger partial charge in [0.25, 0.3) is 0 Å². The molecule has 0 heterocycles. The van der Waals surface area contributed by atoms with Gasteiger partial charge < -0.3 is 24.2 Å². The molecule has 0 rings (SSSR count). The van der Waals surface area contributed by atoms with Gasteiger partial charge in [-0.05, 0) is 38.5 Å². The lowest BCUT2D eigenvalue weighted by Gasteiger charge is -2.18. The van der Waals surface area contributed by atoms with Crippen LogP contribution in [0.3, 0.4) is 0 Å². The van der Waals surface area contributed by atoms with E-state index in [1.165, 1.54) is 116 Å². The molecule has 0 saturated carbocycles. The third-order valence-corrected chi connectivity index (χ3v) is 5.30. The van der Waals surface area contributed by atoms with Crippen molar-refractivity contribution in [2.75, 3.05) is 39.3 Å². The van der Waals surface area contributed by atoms with Crippen molar-refractivity contribution in [2.45, 2.75) is 119 Å². The van der Waals surface area contributed by atoms with Crippen LogP contribution in [0.1, 0.15) is 119 Å². The van der Waals surface area contributed by atoms with E-state index >= 15 is 0 Å². The van der Waals surface area contributed by atoms with Gasteiger partial charge >= 0.3 is 0 Å². The van der Waals surface area contributed by atoms with Gasteiger partial charge in [-0.2, -0.15) is 0 Å². The van der Waals surface area contributed by atoms with Gasteiger partial charge in [0.1, 0.15) is 7.91 Å². The number of hydrogen-bond donors (Lipinski definition) is 2. The van der Waals surface area contributed by atoms with Crippen molar-refractivity contribution < 1.29 is 28.3 Å². The Morgan fingerprint density at radius 1 is 0.516 bits per heavy atom. The van der Waals surface area contributed by atoms with Gasteiger partial charge in [0.05, 0.1) is 39.3 Å². The summed E-state index contributed by atoms with van der Waals surface area (Å²) in [6, 6.07) is 0. The predicted molar refractivity (Wildman–Crippen MR) is 129 cm³/mol. The fraction of sp³-hybridized carbons (Fsp3) is 1.00. The average molecular weight is 471 g/mol. The van der Waals surface area contributed by atoms with E-state index in [-0.39, 0.29) is 0 Å². The van der Waals surface area contributed by atoms with Crippen LogP contribution in [-0.4, -0.2) is 39.3 Å². The summed E-state index contributed by atoms with van der Waals surface area (Å²) in [5.41, 5.74) is 0. The van der Waals surface area contributed by atoms with Crippen LogP contribution < -0.4 is 19.6 Å². The molecule has 7 heteroatoms. The van der Waals surface area contributed by atoms with Crippen LogP contribution in [0.2, 0.25) is 0 Å². The number of rotatable bonds is 18. The Hall–Kier alpha value is -0.0000000000000000555. The maximum absolute atomic E-state index is 10.1. The summed E-state index contributed by atoms with van der Waals surface area (Å²) >= 11 is 0. The molecule has 5 nitrogen and oxygen atoms in total. The molecule has 0 atom stereocenters. The second-order valence-corrected chi connectivity index (χ2v) is 9.41. The van der Waals surface area contributed by atoms with Crippen molar-refractivity contribution in [3.8, 4) is 0 Å². The van der Waals surface area contributed by atoms with Crippen molar-refractivity contribution in [2.24, 2.45) is 0 Å². The minimum absolute atomic E-state index is 1.35. The molecule has 0 aliphatic rings. The minimum atomic E-state index is -5.64. The quantitative estimate of drug-likeness (QED) is 0.302. The number of hydrogen-bond acceptors (Lipinski definition) is 3. The second-order valence-electron chi connectivity index (χ2n) is 8.55. The highest BCUT2D eigenvalue weighted by molar-refractivity contribution is 7.42. The van der Waals surface area contributed by atoms with Crippen LogP contribution in [0.25, 0.3) is 0 Å². The minimum Gasteiger partial charge on any atom is -0.786 e. The SMILES string of the molecule is CCCC[NH+](CCCC)CCCC.CCCC[NH+](CCCC)CCCC.O=P([O-])([O-])F. The van der Waals surface area contributed by atoms with Crippen LogP contribution in [0.4, 0.5) is 4.20 Å². The van der Waals surface area contributed by atoms with Crippen molar-refractivity contribution in [1.29, 1.82) is 0 Å². The van der Waals surface area contributed by atoms with Crippen LogP contribution in [0.15, 0.2) is 0 Å². The highest BCUT2D eigenvalue weighted by Crippen LogP contribution is 2.22. The Bertz CT molecular complexity index is 300. The highest BCUT2D eigenvalue weighted by atomic mass is 31.2. The van der Waals surface area contributed by atoms with E-state index in [1.807, 2.05) is 9.80 Å². The Morgan fingerprint density at radius 3 is 0.742 bits per heavy atom. The first-order valence-electron chi connectivity index (χ1n) is 13.1. The zero-order valence-corrected chi connectivity index (χ0v) is 22.7. The lowest BCUT2D eigenvalue weighted by molar-refractivity contribution is -0.900. The van der Waals surface area contributed by atoms with E-state index in [0.717, 1.165) is 0 Å². The Balaban J connectivity index is -0.000000416. The molecule has 0 fully saturated rings. The fourth-order valence-corrected chi connectivity index (χ4v) is 3.31. The molecule has 0 bridgehead atoms. The number of halogens is 1. The number of nitrogens with one attached hydrogen (secondary N) is 2. The van der Waals surface area contributed by atoms with Gasteiger partial charge in [0.2, 0.25) is 0 Å². The zero-order valence-electron chi connectivity index (χ0n) is 21.8. The molecule has 31 heavy (non-hydrogen) atoms. The van der Waals surface area contributed by atoms with Gasteiger partial charge in [-0.3, -0.25) is 0 Å². The second kappa shape index (κ2) is 28.0. The van der Waals surface area contributed by atoms with Crippen molar-refractivity contribution in [1.82, 2.24) is 0 Å². The van der Waals surface area contributed by atoms with E-state index in [4.69, 9.17) is 14.4 Å². The molecule has 0 aromatic carbocycles. The van der Waals surface area contributed by atoms with E-state index < -0.39 is 7.91 Å². The van der Waals surface area contributed by atoms with Gasteiger partial charge in [-0.15, -0.1) is 0 Å². The number of unbranched alkanes of at least 4 members (excludes halogenated alkanes) is 6. The molecule has 0 aromatic heterocycles. The standard InChI is InChI=1S/2C12H27N.FH2O3P/c2*1-4-7-10-13(11-8-5-2)12-9-6-3;1-5(2,3)4/h2*4-12H2,1-3H3;(H2,2,3,4). The third kappa shape index (κ3) is 40.8. The Labute approximate surface area is 194 Å². The predicted octanol–water partition coefficient (Wildman–Crippen LogP) is 3.33. The normalized spacial score (nSPS) is 11.2. The van der Waals surface area contributed by atoms with Crippen LogP contribution in [0, 0.1) is 0 Å². The van der Waals surface area contributed by atoms with Crippen LogP contribution >= 0.6 is 7.91 Å². The zero-order chi connectivity index (χ0) is 24.4. The molecular weight excluding hydrogens is 414 g/mol. The maximum Gasteiger partial charge on any atom is 0.110 e. The van der Waals surface area contributed by atoms with Crippen molar-refractivity contribution >= 4 is 7.91 Å². The molecular formula is C24H56FN2O3P. The molecule has 0 aliphatic heterocycles. The smallest absolute Gasteiger partial charge is 0.110 e. The first-order valence-corrected chi connectivity index (χ1v) is 14.5. The fourth-order valence-electron chi connectivity index (χ4n) is 3.31. The summed E-state index contributed by atoms with van der Waals surface area (Å²) in [5.74, 6) is 0. The van der Waals surface area contributed by atoms with E-state index in [2.05, 4.69) is 41.5 Å². The summed E-state index contributed by atoms with van der Waals surface area (Å²) in [4.78, 5) is 20.6. The van der Waals surface area contributed by atoms with Gasteiger partial charge in [0, 0.05) is 0 Å². The summed E-state index contributed by atoms with van der Waals surface area (Å²) < 4.78 is 18.6. The summed E-state index contributed by atoms with van der Waals surface area (Å²) in [6.07, 6.45) is 16.5. The summed E-state index contributed by atoms with van der Waals surface area (Å²) in [6.45, 7) is 22.1. The molecule has 0 spiro atoms. The molecule has 0 saturated heterocycles. The lowest BCUT2D eigenvalue weighted by atomic mass is 10.2. The molecule has 2 N–H and O–H groups in total. The Kier molecular flexibility index (Phi) is 32.2. The molecule has 0 amide bonds. The number of quaternary nitrogens is 2. The summed E-state index contributed by atoms with van der Waals surface area (Å²) in [5, 5.41) is 0. The van der Waals surface area contributed by atoms with E-state index in [9.17, 15) is 4.20 Å². The first-order chi connectivity index (χ1) is 14.7. The topological polar surface area (TPSA) is 72.1 Å². The highest BCUT2D eigenvalue weighted by Gasteiger charge is 2.06. The van der Waals surface area contributed by atoms with Gasteiger partial charge in [-0.1, -0.05) is 80.1 Å². The largest absolute Gasteiger partial charge is 0.786 e. The summed E-state index contributed by atoms with van der Waals surface area (Å²) in [7, 11) is -5.64. The van der Waals surface area contributed by atoms with E-state index in [1.54, 1.807) is 0 Å². The van der Waals surface area contributed by atoms with Crippen LogP contribution in [-0.2, 0) is 4.57 Å². The molecule has 0 radical (unpaired) electrons. The lowest BCUT2D eigenvalue weighted by Crippen LogP contribution is -3.12. The van der Waals surface area contributed by atoms with Crippen molar-refractivity contribution in [3.63, 3.8) is 0 Å². The molecule has 0 aromatic rings. The van der Waals surface area contributed by atoms with Gasteiger partial charge in [0.15, 0.2) is 0 Å². The Morgan fingerprint density at radius 2 is 0.645 bits per heavy atom.